The van der Waals surface area contributed by atoms with Gasteiger partial charge in [-0.25, -0.2) is 13.1 Å². The molecule has 2 aromatic carbocycles. The molecule has 0 spiro atoms. The van der Waals surface area contributed by atoms with E-state index >= 15 is 0 Å². The van der Waals surface area contributed by atoms with Gasteiger partial charge >= 0.3 is 0 Å². The fourth-order valence-electron chi connectivity index (χ4n) is 2.17. The summed E-state index contributed by atoms with van der Waals surface area (Å²) in [7, 11) is -3.53. The molecule has 0 radical (unpaired) electrons. The van der Waals surface area contributed by atoms with Gasteiger partial charge in [0.15, 0.2) is 0 Å². The first kappa shape index (κ1) is 18.8. The lowest BCUT2D eigenvalue weighted by Gasteiger charge is -2.09. The van der Waals surface area contributed by atoms with Crippen molar-refractivity contribution in [1.82, 2.24) is 4.72 Å². The van der Waals surface area contributed by atoms with E-state index in [1.807, 2.05) is 31.2 Å². The van der Waals surface area contributed by atoms with Crippen LogP contribution in [0.25, 0.3) is 0 Å². The van der Waals surface area contributed by atoms with Gasteiger partial charge in [0.05, 0.1) is 11.5 Å². The van der Waals surface area contributed by atoms with Gasteiger partial charge < -0.3 is 9.47 Å². The highest BCUT2D eigenvalue weighted by Gasteiger charge is 2.13. The lowest BCUT2D eigenvalue weighted by Crippen LogP contribution is -2.25. The van der Waals surface area contributed by atoms with E-state index in [-0.39, 0.29) is 11.5 Å². The average molecular weight is 359 g/mol. The van der Waals surface area contributed by atoms with E-state index < -0.39 is 10.0 Å². The molecule has 0 aliphatic heterocycles. The van der Waals surface area contributed by atoms with Crippen LogP contribution in [0.3, 0.4) is 0 Å². The van der Waals surface area contributed by atoms with Crippen molar-refractivity contribution in [2.75, 3.05) is 19.8 Å². The molecule has 0 unspecified atom stereocenters. The highest BCUT2D eigenvalue weighted by molar-refractivity contribution is 7.89. The number of nitrogens with one attached hydrogen (secondary N) is 1. The van der Waals surface area contributed by atoms with Gasteiger partial charge in [-0.2, -0.15) is 0 Å². The van der Waals surface area contributed by atoms with Gasteiger partial charge in [-0.3, -0.25) is 0 Å². The largest absolute Gasteiger partial charge is 0.494 e. The van der Waals surface area contributed by atoms with Crippen LogP contribution in [0.2, 0.25) is 0 Å². The van der Waals surface area contributed by atoms with E-state index in [4.69, 9.17) is 15.9 Å². The van der Waals surface area contributed by atoms with Crippen molar-refractivity contribution >= 4 is 10.0 Å². The Labute approximate surface area is 149 Å². The van der Waals surface area contributed by atoms with Gasteiger partial charge in [0.25, 0.3) is 0 Å². The number of hydrogen-bond donors (Lipinski definition) is 1. The van der Waals surface area contributed by atoms with E-state index in [1.165, 1.54) is 12.1 Å². The fourth-order valence-corrected chi connectivity index (χ4v) is 3.20. The molecular weight excluding hydrogens is 338 g/mol. The summed E-state index contributed by atoms with van der Waals surface area (Å²) in [6, 6.07) is 13.8. The summed E-state index contributed by atoms with van der Waals surface area (Å²) in [6.45, 7) is 2.94. The molecule has 1 N–H and O–H groups in total. The van der Waals surface area contributed by atoms with Crippen molar-refractivity contribution < 1.29 is 17.9 Å². The van der Waals surface area contributed by atoms with Crippen LogP contribution in [0.5, 0.6) is 11.5 Å². The fraction of sp³-hybridized carbons (Fsp3) is 0.263. The van der Waals surface area contributed by atoms with Crippen molar-refractivity contribution in [3.8, 4) is 23.8 Å². The lowest BCUT2D eigenvalue weighted by atomic mass is 10.1. The molecule has 2 aromatic rings. The van der Waals surface area contributed by atoms with Crippen LogP contribution in [0.4, 0.5) is 0 Å². The molecule has 5 nitrogen and oxygen atoms in total. The molecular formula is C19H21NO4S. The molecule has 0 saturated carbocycles. The molecule has 0 aliphatic rings. The van der Waals surface area contributed by atoms with E-state index in [0.717, 1.165) is 5.56 Å². The third-order valence-electron chi connectivity index (χ3n) is 3.40. The number of rotatable bonds is 9. The Bertz CT molecular complexity index is 806. The molecule has 0 saturated heterocycles. The SMILES string of the molecule is C#CCOc1ccc(CCNS(=O)(=O)c2ccc(OCC)cc2)cc1. The Hall–Kier alpha value is -2.49. The second-order valence-electron chi connectivity index (χ2n) is 5.19. The number of benzene rings is 2. The maximum atomic E-state index is 12.3. The van der Waals surface area contributed by atoms with E-state index in [9.17, 15) is 8.42 Å². The molecule has 25 heavy (non-hydrogen) atoms. The minimum Gasteiger partial charge on any atom is -0.494 e. The summed E-state index contributed by atoms with van der Waals surface area (Å²) >= 11 is 0. The zero-order chi connectivity index (χ0) is 18.1. The second kappa shape index (κ2) is 9.11. The lowest BCUT2D eigenvalue weighted by molar-refractivity contribution is 0.340. The molecule has 132 valence electrons. The van der Waals surface area contributed by atoms with Crippen LogP contribution in [-0.2, 0) is 16.4 Å². The Kier molecular flexibility index (Phi) is 6.87. The summed E-state index contributed by atoms with van der Waals surface area (Å²) in [5.74, 6) is 3.74. The molecule has 0 aliphatic carbocycles. The molecule has 0 atom stereocenters. The Morgan fingerprint density at radius 3 is 2.20 bits per heavy atom. The van der Waals surface area contributed by atoms with E-state index in [1.54, 1.807) is 12.1 Å². The Balaban J connectivity index is 1.88. The summed E-state index contributed by atoms with van der Waals surface area (Å²) in [6.07, 6.45) is 5.71. The first-order valence-corrected chi connectivity index (χ1v) is 9.41. The third-order valence-corrected chi connectivity index (χ3v) is 4.87. The minimum atomic E-state index is -3.53. The number of sulfonamides is 1. The molecule has 0 fully saturated rings. The molecule has 0 amide bonds. The molecule has 0 heterocycles. The Morgan fingerprint density at radius 1 is 1.00 bits per heavy atom. The maximum absolute atomic E-state index is 12.3. The predicted octanol–water partition coefficient (Wildman–Crippen LogP) is 2.62. The predicted molar refractivity (Wildman–Crippen MR) is 97.3 cm³/mol. The van der Waals surface area contributed by atoms with Gasteiger partial charge in [0.2, 0.25) is 10.0 Å². The summed E-state index contributed by atoms with van der Waals surface area (Å²) in [5, 5.41) is 0. The van der Waals surface area contributed by atoms with Gasteiger partial charge in [0, 0.05) is 6.54 Å². The number of terminal acetylenes is 1. The summed E-state index contributed by atoms with van der Waals surface area (Å²) < 4.78 is 37.8. The van der Waals surface area contributed by atoms with Crippen molar-refractivity contribution in [2.45, 2.75) is 18.2 Å². The first-order valence-electron chi connectivity index (χ1n) is 7.93. The van der Waals surface area contributed by atoms with Crippen LogP contribution in [-0.4, -0.2) is 28.2 Å². The molecule has 0 aromatic heterocycles. The number of ether oxygens (including phenoxy) is 2. The quantitative estimate of drug-likeness (QED) is 0.699. The van der Waals surface area contributed by atoms with Gasteiger partial charge in [-0.15, -0.1) is 6.42 Å². The van der Waals surface area contributed by atoms with Crippen LogP contribution < -0.4 is 14.2 Å². The smallest absolute Gasteiger partial charge is 0.240 e. The topological polar surface area (TPSA) is 64.6 Å². The van der Waals surface area contributed by atoms with Gasteiger partial charge in [-0.1, -0.05) is 18.1 Å². The van der Waals surface area contributed by atoms with E-state index in [0.29, 0.717) is 31.1 Å². The van der Waals surface area contributed by atoms with E-state index in [2.05, 4.69) is 10.6 Å². The van der Waals surface area contributed by atoms with Crippen molar-refractivity contribution in [2.24, 2.45) is 0 Å². The van der Waals surface area contributed by atoms with Crippen molar-refractivity contribution in [1.29, 1.82) is 0 Å². The van der Waals surface area contributed by atoms with Crippen molar-refractivity contribution in [3.63, 3.8) is 0 Å². The van der Waals surface area contributed by atoms with Crippen LogP contribution in [0.1, 0.15) is 12.5 Å². The third kappa shape index (κ3) is 5.82. The van der Waals surface area contributed by atoms with Crippen LogP contribution in [0, 0.1) is 12.3 Å². The Morgan fingerprint density at radius 2 is 1.60 bits per heavy atom. The minimum absolute atomic E-state index is 0.217. The van der Waals surface area contributed by atoms with Crippen LogP contribution >= 0.6 is 0 Å². The standard InChI is InChI=1S/C19H21NO4S/c1-3-15-24-18-7-5-16(6-8-18)13-14-20-25(21,22)19-11-9-17(10-12-19)23-4-2/h1,5-12,20H,4,13-15H2,2H3. The van der Waals surface area contributed by atoms with Crippen LogP contribution in [0.15, 0.2) is 53.4 Å². The normalized spacial score (nSPS) is 10.9. The molecule has 0 bridgehead atoms. The molecule has 6 heteroatoms. The number of hydrogen-bond acceptors (Lipinski definition) is 4. The monoisotopic (exact) mass is 359 g/mol. The van der Waals surface area contributed by atoms with Gasteiger partial charge in [-0.05, 0) is 55.3 Å². The zero-order valence-corrected chi connectivity index (χ0v) is 14.9. The first-order chi connectivity index (χ1) is 12.0. The second-order valence-corrected chi connectivity index (χ2v) is 6.96. The highest BCUT2D eigenvalue weighted by Crippen LogP contribution is 2.16. The summed E-state index contributed by atoms with van der Waals surface area (Å²) in [5.41, 5.74) is 1.00. The van der Waals surface area contributed by atoms with Crippen molar-refractivity contribution in [3.05, 3.63) is 54.1 Å². The summed E-state index contributed by atoms with van der Waals surface area (Å²) in [4.78, 5) is 0.217. The highest BCUT2D eigenvalue weighted by atomic mass is 32.2. The molecule has 2 rings (SSSR count). The zero-order valence-electron chi connectivity index (χ0n) is 14.1. The average Bonchev–Trinajstić information content (AvgIpc) is 2.62. The van der Waals surface area contributed by atoms with Gasteiger partial charge in [0.1, 0.15) is 18.1 Å². The maximum Gasteiger partial charge on any atom is 0.240 e.